The number of aromatic nitrogens is 2. The van der Waals surface area contributed by atoms with E-state index in [1.54, 1.807) is 6.07 Å². The third-order valence-corrected chi connectivity index (χ3v) is 4.27. The molecule has 1 aliphatic rings. The minimum atomic E-state index is 0.370. The van der Waals surface area contributed by atoms with Gasteiger partial charge in [0.25, 0.3) is 0 Å². The van der Waals surface area contributed by atoms with Crippen LogP contribution in [0.5, 0.6) is 0 Å². The zero-order valence-corrected chi connectivity index (χ0v) is 11.6. The highest BCUT2D eigenvalue weighted by Gasteiger charge is 2.31. The van der Waals surface area contributed by atoms with Crippen LogP contribution in [0.15, 0.2) is 6.07 Å². The average molecular weight is 274 g/mol. The lowest BCUT2D eigenvalue weighted by Crippen LogP contribution is -2.24. The van der Waals surface area contributed by atoms with Gasteiger partial charge in [0, 0.05) is 12.1 Å². The molecular weight excluding hydrogens is 257 g/mol. The van der Waals surface area contributed by atoms with E-state index in [1.165, 1.54) is 19.3 Å². The maximum atomic E-state index is 6.00. The lowest BCUT2D eigenvalue weighted by Gasteiger charge is -2.22. The van der Waals surface area contributed by atoms with E-state index in [4.69, 9.17) is 23.2 Å². The first-order valence-electron chi connectivity index (χ1n) is 6.07. The summed E-state index contributed by atoms with van der Waals surface area (Å²) in [6.45, 7) is 4.55. The van der Waals surface area contributed by atoms with Gasteiger partial charge in [0.1, 0.15) is 0 Å². The summed E-state index contributed by atoms with van der Waals surface area (Å²) in [5.74, 6) is 1.46. The molecule has 5 heteroatoms. The van der Waals surface area contributed by atoms with Gasteiger partial charge in [0.05, 0.1) is 5.69 Å². The van der Waals surface area contributed by atoms with Crippen LogP contribution in [0, 0.1) is 11.8 Å². The van der Waals surface area contributed by atoms with Crippen LogP contribution in [0.25, 0.3) is 0 Å². The van der Waals surface area contributed by atoms with Crippen molar-refractivity contribution in [1.29, 1.82) is 0 Å². The monoisotopic (exact) mass is 273 g/mol. The second-order valence-electron chi connectivity index (χ2n) is 4.73. The van der Waals surface area contributed by atoms with E-state index < -0.39 is 0 Å². The smallest absolute Gasteiger partial charge is 0.174 e. The van der Waals surface area contributed by atoms with Crippen LogP contribution in [0.2, 0.25) is 10.3 Å². The molecule has 1 aromatic rings. The Morgan fingerprint density at radius 3 is 2.76 bits per heavy atom. The van der Waals surface area contributed by atoms with Crippen molar-refractivity contribution in [3.63, 3.8) is 0 Å². The van der Waals surface area contributed by atoms with Gasteiger partial charge in [-0.3, -0.25) is 0 Å². The fourth-order valence-corrected chi connectivity index (χ4v) is 2.98. The molecule has 1 saturated carbocycles. The number of nitrogens with zero attached hydrogens (tertiary/aromatic N) is 2. The van der Waals surface area contributed by atoms with Crippen LogP contribution in [-0.4, -0.2) is 16.2 Å². The predicted molar refractivity (Wildman–Crippen MR) is 71.6 cm³/mol. The van der Waals surface area contributed by atoms with Crippen molar-refractivity contribution in [2.45, 2.75) is 39.2 Å². The van der Waals surface area contributed by atoms with E-state index in [1.807, 2.05) is 0 Å². The van der Waals surface area contributed by atoms with Gasteiger partial charge in [0.15, 0.2) is 10.3 Å². The van der Waals surface area contributed by atoms with Gasteiger partial charge in [-0.05, 0) is 24.7 Å². The van der Waals surface area contributed by atoms with Gasteiger partial charge in [-0.2, -0.15) is 0 Å². The highest BCUT2D eigenvalue weighted by atomic mass is 35.5. The highest BCUT2D eigenvalue weighted by molar-refractivity contribution is 6.33. The quantitative estimate of drug-likeness (QED) is 0.904. The van der Waals surface area contributed by atoms with E-state index in [-0.39, 0.29) is 0 Å². The third kappa shape index (κ3) is 2.83. The molecule has 3 atom stereocenters. The fourth-order valence-electron chi connectivity index (χ4n) is 2.68. The number of anilines is 1. The number of hydrogen-bond donors (Lipinski definition) is 1. The molecule has 0 aromatic carbocycles. The molecule has 2 rings (SSSR count). The van der Waals surface area contributed by atoms with Crippen LogP contribution >= 0.6 is 23.2 Å². The summed E-state index contributed by atoms with van der Waals surface area (Å²) in [5.41, 5.74) is 0.792. The molecule has 94 valence electrons. The Hall–Kier alpha value is -0.540. The van der Waals surface area contributed by atoms with Crippen molar-refractivity contribution in [2.75, 3.05) is 5.32 Å². The predicted octanol–water partition coefficient (Wildman–Crippen LogP) is 4.02. The molecule has 3 unspecified atom stereocenters. The fraction of sp³-hybridized carbons (Fsp3) is 0.667. The van der Waals surface area contributed by atoms with Crippen molar-refractivity contribution in [1.82, 2.24) is 10.2 Å². The normalized spacial score (nSPS) is 28.4. The molecule has 0 spiro atoms. The molecule has 0 bridgehead atoms. The number of nitrogens with one attached hydrogen (secondary N) is 1. The van der Waals surface area contributed by atoms with Crippen molar-refractivity contribution < 1.29 is 0 Å². The molecule has 1 fully saturated rings. The van der Waals surface area contributed by atoms with Gasteiger partial charge in [0.2, 0.25) is 0 Å². The van der Waals surface area contributed by atoms with Gasteiger partial charge >= 0.3 is 0 Å². The van der Waals surface area contributed by atoms with Crippen LogP contribution < -0.4 is 5.32 Å². The van der Waals surface area contributed by atoms with E-state index in [9.17, 15) is 0 Å². The highest BCUT2D eigenvalue weighted by Crippen LogP contribution is 2.36. The van der Waals surface area contributed by atoms with Crippen LogP contribution in [0.4, 0.5) is 5.69 Å². The standard InChI is InChI=1S/C12H17Cl2N3/c1-3-8-4-5-9(7(8)2)15-10-6-11(13)16-17-12(10)14/h6-9H,3-5H2,1-2H3,(H,15,16). The lowest BCUT2D eigenvalue weighted by molar-refractivity contribution is 0.392. The Kier molecular flexibility index (Phi) is 4.10. The van der Waals surface area contributed by atoms with Gasteiger partial charge in [-0.15, -0.1) is 10.2 Å². The topological polar surface area (TPSA) is 37.8 Å². The minimum absolute atomic E-state index is 0.370. The second kappa shape index (κ2) is 5.40. The molecule has 0 radical (unpaired) electrons. The number of hydrogen-bond acceptors (Lipinski definition) is 3. The largest absolute Gasteiger partial charge is 0.379 e. The summed E-state index contributed by atoms with van der Waals surface area (Å²) >= 11 is 11.8. The Morgan fingerprint density at radius 2 is 2.12 bits per heavy atom. The van der Waals surface area contributed by atoms with Gasteiger partial charge in [-0.25, -0.2) is 0 Å². The summed E-state index contributed by atoms with van der Waals surface area (Å²) in [5, 5.41) is 11.7. The minimum Gasteiger partial charge on any atom is -0.379 e. The van der Waals surface area contributed by atoms with E-state index in [0.717, 1.165) is 11.6 Å². The summed E-state index contributed by atoms with van der Waals surface area (Å²) in [7, 11) is 0. The Balaban J connectivity index is 2.09. The van der Waals surface area contributed by atoms with E-state index in [2.05, 4.69) is 29.4 Å². The summed E-state index contributed by atoms with van der Waals surface area (Å²) in [4.78, 5) is 0. The van der Waals surface area contributed by atoms with Crippen LogP contribution in [0.3, 0.4) is 0 Å². The maximum Gasteiger partial charge on any atom is 0.174 e. The first-order valence-corrected chi connectivity index (χ1v) is 6.82. The Bertz CT molecular complexity index is 397. The molecule has 0 amide bonds. The molecular formula is C12H17Cl2N3. The molecule has 1 N–H and O–H groups in total. The lowest BCUT2D eigenvalue weighted by atomic mass is 9.93. The molecule has 0 saturated heterocycles. The van der Waals surface area contributed by atoms with Crippen LogP contribution in [0.1, 0.15) is 33.1 Å². The zero-order valence-electron chi connectivity index (χ0n) is 10.1. The average Bonchev–Trinajstić information content (AvgIpc) is 2.65. The Labute approximate surface area is 112 Å². The van der Waals surface area contributed by atoms with Crippen molar-refractivity contribution in [3.8, 4) is 0 Å². The summed E-state index contributed by atoms with van der Waals surface area (Å²) in [6, 6.07) is 2.20. The van der Waals surface area contributed by atoms with Crippen molar-refractivity contribution >= 4 is 28.9 Å². The van der Waals surface area contributed by atoms with Gasteiger partial charge in [-0.1, -0.05) is 43.5 Å². The molecule has 1 aromatic heterocycles. The zero-order chi connectivity index (χ0) is 12.4. The number of rotatable bonds is 3. The first-order chi connectivity index (χ1) is 8.11. The molecule has 3 nitrogen and oxygen atoms in total. The van der Waals surface area contributed by atoms with E-state index >= 15 is 0 Å². The van der Waals surface area contributed by atoms with Crippen molar-refractivity contribution in [3.05, 3.63) is 16.4 Å². The van der Waals surface area contributed by atoms with Crippen LogP contribution in [-0.2, 0) is 0 Å². The van der Waals surface area contributed by atoms with Gasteiger partial charge < -0.3 is 5.32 Å². The summed E-state index contributed by atoms with van der Waals surface area (Å²) < 4.78 is 0. The first kappa shape index (κ1) is 12.9. The third-order valence-electron chi connectivity index (χ3n) is 3.81. The number of halogens is 2. The summed E-state index contributed by atoms with van der Waals surface area (Å²) in [6.07, 6.45) is 3.69. The SMILES string of the molecule is CCC1CCC(Nc2cc(Cl)nnc2Cl)C1C. The van der Waals surface area contributed by atoms with E-state index in [0.29, 0.717) is 22.3 Å². The molecule has 1 heterocycles. The van der Waals surface area contributed by atoms with Crippen molar-refractivity contribution in [2.24, 2.45) is 11.8 Å². The Morgan fingerprint density at radius 1 is 1.35 bits per heavy atom. The maximum absolute atomic E-state index is 6.00. The molecule has 0 aliphatic heterocycles. The molecule has 17 heavy (non-hydrogen) atoms. The molecule has 1 aliphatic carbocycles. The second-order valence-corrected chi connectivity index (χ2v) is 5.47.